The second-order valence-electron chi connectivity index (χ2n) is 5.04. The van der Waals surface area contributed by atoms with Gasteiger partial charge in [0, 0.05) is 25.8 Å². The molecule has 6 heteroatoms. The Morgan fingerprint density at radius 1 is 1.45 bits per heavy atom. The lowest BCUT2D eigenvalue weighted by Crippen LogP contribution is -2.37. The van der Waals surface area contributed by atoms with Gasteiger partial charge in [-0.1, -0.05) is 11.6 Å². The largest absolute Gasteiger partial charge is 0.393 e. The Bertz CT molecular complexity index is 431. The molecule has 1 saturated heterocycles. The van der Waals surface area contributed by atoms with Gasteiger partial charge in [0.15, 0.2) is 0 Å². The molecule has 0 atom stereocenters. The summed E-state index contributed by atoms with van der Waals surface area (Å²) in [5, 5.41) is 12.8. The number of nitrogens with zero attached hydrogens (tertiary/aromatic N) is 2. The molecule has 2 N–H and O–H groups in total. The summed E-state index contributed by atoms with van der Waals surface area (Å²) in [5.41, 5.74) is 0.385. The third-order valence-corrected chi connectivity index (χ3v) is 3.68. The Balaban J connectivity index is 1.63. The number of aromatic nitrogens is 1. The van der Waals surface area contributed by atoms with Crippen LogP contribution in [0.1, 0.15) is 29.8 Å². The summed E-state index contributed by atoms with van der Waals surface area (Å²) in [6, 6.07) is 3.27. The van der Waals surface area contributed by atoms with Gasteiger partial charge in [-0.15, -0.1) is 0 Å². The molecular formula is C14H20ClN3O2. The molecule has 1 aromatic rings. The van der Waals surface area contributed by atoms with E-state index in [4.69, 9.17) is 11.6 Å². The maximum Gasteiger partial charge on any atom is 0.269 e. The van der Waals surface area contributed by atoms with E-state index in [9.17, 15) is 9.90 Å². The van der Waals surface area contributed by atoms with Crippen molar-refractivity contribution in [1.29, 1.82) is 0 Å². The molecule has 20 heavy (non-hydrogen) atoms. The van der Waals surface area contributed by atoms with Gasteiger partial charge >= 0.3 is 0 Å². The van der Waals surface area contributed by atoms with Crippen molar-refractivity contribution in [1.82, 2.24) is 15.2 Å². The summed E-state index contributed by atoms with van der Waals surface area (Å²) in [6.45, 7) is 3.45. The first kappa shape index (κ1) is 15.2. The number of halogens is 1. The van der Waals surface area contributed by atoms with E-state index < -0.39 is 0 Å². The number of carbonyl (C=O) groups excluding carboxylic acids is 1. The Kier molecular flexibility index (Phi) is 5.76. The van der Waals surface area contributed by atoms with Crippen LogP contribution in [0.2, 0.25) is 5.02 Å². The first-order valence-electron chi connectivity index (χ1n) is 6.95. The number of piperidine rings is 1. The molecular weight excluding hydrogens is 278 g/mol. The highest BCUT2D eigenvalue weighted by Crippen LogP contribution is 2.09. The highest BCUT2D eigenvalue weighted by molar-refractivity contribution is 6.30. The highest BCUT2D eigenvalue weighted by Gasteiger charge is 2.16. The third-order valence-electron chi connectivity index (χ3n) is 3.45. The lowest BCUT2D eigenvalue weighted by atomic mass is 10.1. The van der Waals surface area contributed by atoms with Crippen molar-refractivity contribution < 1.29 is 9.90 Å². The second kappa shape index (κ2) is 7.57. The first-order valence-corrected chi connectivity index (χ1v) is 7.33. The zero-order valence-electron chi connectivity index (χ0n) is 11.4. The number of aliphatic hydroxyl groups excluding tert-OH is 1. The summed E-state index contributed by atoms with van der Waals surface area (Å²) < 4.78 is 0. The molecule has 1 fully saturated rings. The molecule has 1 aliphatic rings. The molecule has 0 unspecified atom stereocenters. The summed E-state index contributed by atoms with van der Waals surface area (Å²) in [7, 11) is 0. The topological polar surface area (TPSA) is 65.5 Å². The van der Waals surface area contributed by atoms with E-state index in [2.05, 4.69) is 15.2 Å². The minimum atomic E-state index is -0.171. The average molecular weight is 298 g/mol. The molecule has 1 aliphatic heterocycles. The summed E-state index contributed by atoms with van der Waals surface area (Å²) >= 11 is 5.72. The van der Waals surface area contributed by atoms with Gasteiger partial charge in [-0.25, -0.2) is 4.98 Å². The van der Waals surface area contributed by atoms with Crippen LogP contribution in [0, 0.1) is 0 Å². The van der Waals surface area contributed by atoms with Crippen LogP contribution in [0.5, 0.6) is 0 Å². The van der Waals surface area contributed by atoms with Gasteiger partial charge in [-0.3, -0.25) is 4.79 Å². The second-order valence-corrected chi connectivity index (χ2v) is 5.48. The van der Waals surface area contributed by atoms with E-state index in [1.54, 1.807) is 12.1 Å². The molecule has 2 rings (SSSR count). The predicted molar refractivity (Wildman–Crippen MR) is 77.9 cm³/mol. The number of aliphatic hydroxyl groups is 1. The van der Waals surface area contributed by atoms with Crippen LogP contribution in [0.4, 0.5) is 0 Å². The van der Waals surface area contributed by atoms with Crippen molar-refractivity contribution in [3.63, 3.8) is 0 Å². The quantitative estimate of drug-likeness (QED) is 0.804. The highest BCUT2D eigenvalue weighted by atomic mass is 35.5. The number of carbonyl (C=O) groups is 1. The number of nitrogens with one attached hydrogen (secondary N) is 1. The fourth-order valence-electron chi connectivity index (χ4n) is 2.25. The molecule has 0 aliphatic carbocycles. The lowest BCUT2D eigenvalue weighted by Gasteiger charge is -2.29. The number of likely N-dealkylation sites (tertiary alicyclic amines) is 1. The minimum absolute atomic E-state index is 0.137. The fourth-order valence-corrected chi connectivity index (χ4v) is 2.36. The molecule has 0 aromatic carbocycles. The molecule has 0 bridgehead atoms. The molecule has 1 amide bonds. The van der Waals surface area contributed by atoms with Crippen molar-refractivity contribution in [2.75, 3.05) is 26.2 Å². The van der Waals surface area contributed by atoms with Crippen LogP contribution in [-0.2, 0) is 0 Å². The zero-order chi connectivity index (χ0) is 14.4. The van der Waals surface area contributed by atoms with Gasteiger partial charge in [0.2, 0.25) is 0 Å². The van der Waals surface area contributed by atoms with Crippen molar-refractivity contribution >= 4 is 17.5 Å². The molecule has 1 aromatic heterocycles. The summed E-state index contributed by atoms with van der Waals surface area (Å²) in [6.07, 6.45) is 3.93. The number of hydrogen-bond acceptors (Lipinski definition) is 4. The zero-order valence-corrected chi connectivity index (χ0v) is 12.1. The lowest BCUT2D eigenvalue weighted by molar-refractivity contribution is 0.0816. The monoisotopic (exact) mass is 297 g/mol. The van der Waals surface area contributed by atoms with Gasteiger partial charge in [-0.05, 0) is 37.9 Å². The standard InChI is InChI=1S/C14H20ClN3O2/c15-11-2-3-13(17-10-11)14(20)16-6-1-7-18-8-4-12(19)5-9-18/h2-3,10,12,19H,1,4-9H2,(H,16,20). The molecule has 0 radical (unpaired) electrons. The van der Waals surface area contributed by atoms with Crippen molar-refractivity contribution in [3.05, 3.63) is 29.0 Å². The Morgan fingerprint density at radius 3 is 2.85 bits per heavy atom. The van der Waals surface area contributed by atoms with Crippen LogP contribution >= 0.6 is 11.6 Å². The van der Waals surface area contributed by atoms with Gasteiger partial charge in [0.1, 0.15) is 5.69 Å². The van der Waals surface area contributed by atoms with Gasteiger partial charge < -0.3 is 15.3 Å². The average Bonchev–Trinajstić information content (AvgIpc) is 2.46. The molecule has 0 saturated carbocycles. The number of rotatable bonds is 5. The van der Waals surface area contributed by atoms with E-state index in [0.717, 1.165) is 38.9 Å². The van der Waals surface area contributed by atoms with E-state index in [-0.39, 0.29) is 12.0 Å². The normalized spacial score (nSPS) is 17.1. The Morgan fingerprint density at radius 2 is 2.20 bits per heavy atom. The molecule has 0 spiro atoms. The Hall–Kier alpha value is -1.17. The van der Waals surface area contributed by atoms with Crippen molar-refractivity contribution in [2.45, 2.75) is 25.4 Å². The van der Waals surface area contributed by atoms with E-state index in [1.807, 2.05) is 0 Å². The van der Waals surface area contributed by atoms with Crippen LogP contribution in [0.15, 0.2) is 18.3 Å². The number of pyridine rings is 1. The molecule has 2 heterocycles. The van der Waals surface area contributed by atoms with Gasteiger partial charge in [0.25, 0.3) is 5.91 Å². The maximum atomic E-state index is 11.8. The Labute approximate surface area is 123 Å². The van der Waals surface area contributed by atoms with Crippen LogP contribution in [0.3, 0.4) is 0 Å². The van der Waals surface area contributed by atoms with Crippen LogP contribution in [0.25, 0.3) is 0 Å². The molecule has 5 nitrogen and oxygen atoms in total. The smallest absolute Gasteiger partial charge is 0.269 e. The van der Waals surface area contributed by atoms with Crippen LogP contribution < -0.4 is 5.32 Å². The number of amides is 1. The number of hydrogen-bond donors (Lipinski definition) is 2. The van der Waals surface area contributed by atoms with E-state index in [0.29, 0.717) is 17.3 Å². The SMILES string of the molecule is O=C(NCCCN1CCC(O)CC1)c1ccc(Cl)cn1. The van der Waals surface area contributed by atoms with Crippen LogP contribution in [-0.4, -0.2) is 53.2 Å². The van der Waals surface area contributed by atoms with E-state index >= 15 is 0 Å². The summed E-state index contributed by atoms with van der Waals surface area (Å²) in [4.78, 5) is 18.1. The van der Waals surface area contributed by atoms with Crippen molar-refractivity contribution in [3.8, 4) is 0 Å². The van der Waals surface area contributed by atoms with E-state index in [1.165, 1.54) is 6.20 Å². The van der Waals surface area contributed by atoms with Gasteiger partial charge in [0.05, 0.1) is 11.1 Å². The minimum Gasteiger partial charge on any atom is -0.393 e. The first-order chi connectivity index (χ1) is 9.65. The molecule has 110 valence electrons. The fraction of sp³-hybridized carbons (Fsp3) is 0.571. The maximum absolute atomic E-state index is 11.8. The third kappa shape index (κ3) is 4.74. The predicted octanol–water partition coefficient (Wildman–Crippen LogP) is 1.31. The van der Waals surface area contributed by atoms with Crippen molar-refractivity contribution in [2.24, 2.45) is 0 Å². The van der Waals surface area contributed by atoms with Gasteiger partial charge in [-0.2, -0.15) is 0 Å². The summed E-state index contributed by atoms with van der Waals surface area (Å²) in [5.74, 6) is -0.171.